The first-order valence-electron chi connectivity index (χ1n) is 6.32. The van der Waals surface area contributed by atoms with Gasteiger partial charge >= 0.3 is 0 Å². The molecular weight excluding hydrogens is 242 g/mol. The summed E-state index contributed by atoms with van der Waals surface area (Å²) in [6.07, 6.45) is 0.876. The molecule has 0 atom stereocenters. The van der Waals surface area contributed by atoms with Gasteiger partial charge in [0.15, 0.2) is 0 Å². The summed E-state index contributed by atoms with van der Waals surface area (Å²) in [5.41, 5.74) is 1.34. The summed E-state index contributed by atoms with van der Waals surface area (Å²) in [6, 6.07) is 5.81. The lowest BCUT2D eigenvalue weighted by atomic mass is 9.81. The van der Waals surface area contributed by atoms with Crippen molar-refractivity contribution in [2.45, 2.75) is 26.7 Å². The van der Waals surface area contributed by atoms with Gasteiger partial charge in [-0.25, -0.2) is 0 Å². The van der Waals surface area contributed by atoms with Gasteiger partial charge in [-0.15, -0.1) is 0 Å². The molecule has 1 N–H and O–H groups in total. The Morgan fingerprint density at radius 2 is 2.11 bits per heavy atom. The lowest BCUT2D eigenvalue weighted by Crippen LogP contribution is -2.40. The van der Waals surface area contributed by atoms with E-state index in [1.165, 1.54) is 0 Å². The topological polar surface area (TPSA) is 75.0 Å². The molecule has 0 bridgehead atoms. The van der Waals surface area contributed by atoms with Gasteiger partial charge in [-0.05, 0) is 38.8 Å². The zero-order chi connectivity index (χ0) is 13.9. The van der Waals surface area contributed by atoms with Crippen LogP contribution in [0.5, 0.6) is 0 Å². The normalized spacial score (nSPS) is 17.5. The van der Waals surface area contributed by atoms with Crippen LogP contribution in [0.25, 0.3) is 0 Å². The maximum absolute atomic E-state index is 12.3. The van der Waals surface area contributed by atoms with E-state index in [-0.39, 0.29) is 5.91 Å². The minimum absolute atomic E-state index is 0.257. The van der Waals surface area contributed by atoms with Crippen LogP contribution in [0.1, 0.15) is 24.2 Å². The fourth-order valence-electron chi connectivity index (χ4n) is 2.17. The maximum atomic E-state index is 12.3. The molecule has 0 spiro atoms. The van der Waals surface area contributed by atoms with E-state index in [9.17, 15) is 10.1 Å². The first kappa shape index (κ1) is 13.5. The van der Waals surface area contributed by atoms with Crippen molar-refractivity contribution in [2.75, 3.05) is 18.5 Å². The minimum Gasteiger partial charge on any atom is -0.381 e. The first-order chi connectivity index (χ1) is 9.07. The molecule has 100 valence electrons. The zero-order valence-corrected chi connectivity index (χ0v) is 11.2. The van der Waals surface area contributed by atoms with Crippen molar-refractivity contribution in [1.29, 1.82) is 5.26 Å². The van der Waals surface area contributed by atoms with Gasteiger partial charge in [0.05, 0.1) is 17.5 Å². The van der Waals surface area contributed by atoms with E-state index in [0.717, 1.165) is 11.4 Å². The summed E-state index contributed by atoms with van der Waals surface area (Å²) in [4.78, 5) is 16.6. The predicted molar refractivity (Wildman–Crippen MR) is 70.4 cm³/mol. The van der Waals surface area contributed by atoms with Crippen molar-refractivity contribution in [3.63, 3.8) is 0 Å². The molecule has 5 nitrogen and oxygen atoms in total. The highest BCUT2D eigenvalue weighted by Crippen LogP contribution is 2.31. The van der Waals surface area contributed by atoms with Crippen LogP contribution in [0.2, 0.25) is 0 Å². The molecule has 0 radical (unpaired) electrons. The van der Waals surface area contributed by atoms with Crippen LogP contribution in [0.15, 0.2) is 12.1 Å². The number of ether oxygens (including phenoxy) is 1. The highest BCUT2D eigenvalue weighted by Gasteiger charge is 2.40. The van der Waals surface area contributed by atoms with Crippen molar-refractivity contribution in [3.05, 3.63) is 23.5 Å². The van der Waals surface area contributed by atoms with Crippen molar-refractivity contribution < 1.29 is 9.53 Å². The second-order valence-electron chi connectivity index (χ2n) is 4.85. The Labute approximate surface area is 112 Å². The van der Waals surface area contributed by atoms with E-state index >= 15 is 0 Å². The minimum atomic E-state index is -0.977. The number of amides is 1. The van der Waals surface area contributed by atoms with Crippen LogP contribution < -0.4 is 5.32 Å². The molecule has 1 amide bonds. The van der Waals surface area contributed by atoms with E-state index in [1.54, 1.807) is 0 Å². The van der Waals surface area contributed by atoms with Crippen molar-refractivity contribution in [1.82, 2.24) is 4.98 Å². The van der Waals surface area contributed by atoms with Gasteiger partial charge in [-0.3, -0.25) is 9.78 Å². The third-order valence-corrected chi connectivity index (χ3v) is 3.47. The molecular formula is C14H17N3O2. The number of rotatable bonds is 2. The number of aromatic nitrogens is 1. The molecule has 2 heterocycles. The maximum Gasteiger partial charge on any atom is 0.245 e. The SMILES string of the molecule is Cc1ccc(NC(=O)C2(C#N)CCOCC2)c(C)n1. The van der Waals surface area contributed by atoms with Crippen LogP contribution in [0, 0.1) is 30.6 Å². The molecule has 1 aromatic heterocycles. The van der Waals surface area contributed by atoms with Gasteiger partial charge in [-0.2, -0.15) is 5.26 Å². The Bertz CT molecular complexity index is 528. The largest absolute Gasteiger partial charge is 0.381 e. The number of nitrogens with zero attached hydrogens (tertiary/aromatic N) is 2. The molecule has 2 rings (SSSR count). The lowest BCUT2D eigenvalue weighted by Gasteiger charge is -2.29. The van der Waals surface area contributed by atoms with Crippen LogP contribution in [0.4, 0.5) is 5.69 Å². The molecule has 1 aliphatic heterocycles. The number of hydrogen-bond donors (Lipinski definition) is 1. The average Bonchev–Trinajstić information content (AvgIpc) is 2.42. The Morgan fingerprint density at radius 3 is 2.68 bits per heavy atom. The van der Waals surface area contributed by atoms with Crippen molar-refractivity contribution in [3.8, 4) is 6.07 Å². The van der Waals surface area contributed by atoms with Crippen LogP contribution >= 0.6 is 0 Å². The molecule has 0 unspecified atom stereocenters. The van der Waals surface area contributed by atoms with E-state index in [1.807, 2.05) is 26.0 Å². The number of pyridine rings is 1. The summed E-state index contributed by atoms with van der Waals surface area (Å²) in [6.45, 7) is 4.64. The highest BCUT2D eigenvalue weighted by molar-refractivity contribution is 5.97. The predicted octanol–water partition coefficient (Wildman–Crippen LogP) is 1.96. The van der Waals surface area contributed by atoms with Gasteiger partial charge in [0.2, 0.25) is 5.91 Å². The van der Waals surface area contributed by atoms with Gasteiger partial charge in [0.1, 0.15) is 5.41 Å². The van der Waals surface area contributed by atoms with E-state index < -0.39 is 5.41 Å². The van der Waals surface area contributed by atoms with Crippen LogP contribution in [0.3, 0.4) is 0 Å². The van der Waals surface area contributed by atoms with Crippen LogP contribution in [-0.2, 0) is 9.53 Å². The number of aryl methyl sites for hydroxylation is 2. The third-order valence-electron chi connectivity index (χ3n) is 3.47. The molecule has 1 aliphatic rings. The highest BCUT2D eigenvalue weighted by atomic mass is 16.5. The Kier molecular flexibility index (Phi) is 3.82. The van der Waals surface area contributed by atoms with E-state index in [0.29, 0.717) is 31.7 Å². The monoisotopic (exact) mass is 259 g/mol. The summed E-state index contributed by atoms with van der Waals surface area (Å²) in [5.74, 6) is -0.257. The van der Waals surface area contributed by atoms with Crippen molar-refractivity contribution >= 4 is 11.6 Å². The number of anilines is 1. The fourth-order valence-corrected chi connectivity index (χ4v) is 2.17. The van der Waals surface area contributed by atoms with Gasteiger partial charge in [0, 0.05) is 18.9 Å². The first-order valence-corrected chi connectivity index (χ1v) is 6.32. The molecule has 0 aliphatic carbocycles. The smallest absolute Gasteiger partial charge is 0.245 e. The summed E-state index contributed by atoms with van der Waals surface area (Å²) in [5, 5.41) is 12.1. The Hall–Kier alpha value is -1.93. The number of carbonyl (C=O) groups is 1. The number of hydrogen-bond acceptors (Lipinski definition) is 4. The summed E-state index contributed by atoms with van der Waals surface area (Å²) >= 11 is 0. The molecule has 1 aromatic rings. The molecule has 0 saturated carbocycles. The van der Waals surface area contributed by atoms with Crippen LogP contribution in [-0.4, -0.2) is 24.1 Å². The van der Waals surface area contributed by atoms with E-state index in [2.05, 4.69) is 16.4 Å². The molecule has 19 heavy (non-hydrogen) atoms. The van der Waals surface area contributed by atoms with Gasteiger partial charge in [-0.1, -0.05) is 0 Å². The second-order valence-corrected chi connectivity index (χ2v) is 4.85. The molecule has 0 aromatic carbocycles. The molecule has 1 saturated heterocycles. The second kappa shape index (κ2) is 5.37. The van der Waals surface area contributed by atoms with Crippen molar-refractivity contribution in [2.24, 2.45) is 5.41 Å². The van der Waals surface area contributed by atoms with Gasteiger partial charge < -0.3 is 10.1 Å². The third kappa shape index (κ3) is 2.74. The number of nitriles is 1. The number of nitrogens with one attached hydrogen (secondary N) is 1. The average molecular weight is 259 g/mol. The zero-order valence-electron chi connectivity index (χ0n) is 11.2. The Morgan fingerprint density at radius 1 is 1.42 bits per heavy atom. The number of carbonyl (C=O) groups excluding carboxylic acids is 1. The Balaban J connectivity index is 2.18. The lowest BCUT2D eigenvalue weighted by molar-refractivity contribution is -0.126. The standard InChI is InChI=1S/C14H17N3O2/c1-10-3-4-12(11(2)16-10)17-13(18)14(9-15)5-7-19-8-6-14/h3-4H,5-8H2,1-2H3,(H,17,18). The van der Waals surface area contributed by atoms with E-state index in [4.69, 9.17) is 4.74 Å². The quantitative estimate of drug-likeness (QED) is 0.881. The molecule has 1 fully saturated rings. The summed E-state index contributed by atoms with van der Waals surface area (Å²) < 4.78 is 5.22. The molecule has 5 heteroatoms. The fraction of sp³-hybridized carbons (Fsp3) is 0.500. The summed E-state index contributed by atoms with van der Waals surface area (Å²) in [7, 11) is 0. The van der Waals surface area contributed by atoms with Gasteiger partial charge in [0.25, 0.3) is 0 Å².